The summed E-state index contributed by atoms with van der Waals surface area (Å²) in [5, 5.41) is 3.12. The standard InChI is InChI=1S/C14H20FN3O3S/c1-11-3-4-12(9-13(11)15)22(20,21)17(2)10-14(19)18-7-5-16-6-8-18/h3-4,9,16H,5-8,10H2,1-2H3. The summed E-state index contributed by atoms with van der Waals surface area (Å²) >= 11 is 0. The first-order valence-electron chi connectivity index (χ1n) is 7.03. The number of halogens is 1. The number of benzene rings is 1. The van der Waals surface area contributed by atoms with Crippen molar-refractivity contribution < 1.29 is 17.6 Å². The third kappa shape index (κ3) is 3.63. The molecule has 0 saturated carbocycles. The highest BCUT2D eigenvalue weighted by Gasteiger charge is 2.26. The van der Waals surface area contributed by atoms with Crippen LogP contribution in [0.15, 0.2) is 23.1 Å². The number of nitrogens with zero attached hydrogens (tertiary/aromatic N) is 2. The maximum absolute atomic E-state index is 13.6. The summed E-state index contributed by atoms with van der Waals surface area (Å²) in [6.45, 7) is 3.83. The van der Waals surface area contributed by atoms with Gasteiger partial charge in [-0.25, -0.2) is 12.8 Å². The fourth-order valence-corrected chi connectivity index (χ4v) is 3.34. The van der Waals surface area contributed by atoms with Crippen molar-refractivity contribution in [2.24, 2.45) is 0 Å². The lowest BCUT2D eigenvalue weighted by molar-refractivity contribution is -0.131. The van der Waals surface area contributed by atoms with Gasteiger partial charge in [0, 0.05) is 33.2 Å². The van der Waals surface area contributed by atoms with E-state index in [1.54, 1.807) is 11.8 Å². The van der Waals surface area contributed by atoms with Crippen molar-refractivity contribution >= 4 is 15.9 Å². The van der Waals surface area contributed by atoms with Crippen LogP contribution in [0.5, 0.6) is 0 Å². The SMILES string of the molecule is Cc1ccc(S(=O)(=O)N(C)CC(=O)N2CCNCC2)cc1F. The van der Waals surface area contributed by atoms with Crippen LogP contribution >= 0.6 is 0 Å². The van der Waals surface area contributed by atoms with E-state index in [1.165, 1.54) is 19.2 Å². The van der Waals surface area contributed by atoms with Gasteiger partial charge >= 0.3 is 0 Å². The van der Waals surface area contributed by atoms with Gasteiger partial charge in [0.2, 0.25) is 15.9 Å². The molecule has 1 fully saturated rings. The molecule has 0 aromatic heterocycles. The minimum atomic E-state index is -3.88. The van der Waals surface area contributed by atoms with Crippen LogP contribution < -0.4 is 5.32 Å². The molecule has 0 spiro atoms. The van der Waals surface area contributed by atoms with E-state index in [-0.39, 0.29) is 17.3 Å². The Kier molecular flexibility index (Phi) is 5.15. The Morgan fingerprint density at radius 2 is 2.00 bits per heavy atom. The second-order valence-electron chi connectivity index (χ2n) is 5.30. The number of aryl methyl sites for hydroxylation is 1. The van der Waals surface area contributed by atoms with E-state index in [0.717, 1.165) is 10.4 Å². The second-order valence-corrected chi connectivity index (χ2v) is 7.35. The summed E-state index contributed by atoms with van der Waals surface area (Å²) in [6, 6.07) is 3.74. The van der Waals surface area contributed by atoms with Crippen molar-refractivity contribution in [3.05, 3.63) is 29.6 Å². The van der Waals surface area contributed by atoms with E-state index < -0.39 is 15.8 Å². The first kappa shape index (κ1) is 16.9. The normalized spacial score (nSPS) is 16.1. The molecule has 1 aliphatic heterocycles. The molecule has 1 N–H and O–H groups in total. The molecule has 0 radical (unpaired) electrons. The van der Waals surface area contributed by atoms with Gasteiger partial charge in [0.15, 0.2) is 0 Å². The second kappa shape index (κ2) is 6.72. The fraction of sp³-hybridized carbons (Fsp3) is 0.500. The average Bonchev–Trinajstić information content (AvgIpc) is 2.50. The molecule has 22 heavy (non-hydrogen) atoms. The number of amides is 1. The molecule has 0 aliphatic carbocycles. The highest BCUT2D eigenvalue weighted by Crippen LogP contribution is 2.17. The summed E-state index contributed by atoms with van der Waals surface area (Å²) in [7, 11) is -2.56. The first-order chi connectivity index (χ1) is 10.3. The summed E-state index contributed by atoms with van der Waals surface area (Å²) < 4.78 is 39.3. The topological polar surface area (TPSA) is 69.7 Å². The highest BCUT2D eigenvalue weighted by molar-refractivity contribution is 7.89. The van der Waals surface area contributed by atoms with Crippen LogP contribution in [0.4, 0.5) is 4.39 Å². The fourth-order valence-electron chi connectivity index (χ4n) is 2.20. The number of carbonyl (C=O) groups is 1. The molecule has 8 heteroatoms. The van der Waals surface area contributed by atoms with E-state index in [4.69, 9.17) is 0 Å². The molecule has 2 rings (SSSR count). The summed E-state index contributed by atoms with van der Waals surface area (Å²) in [6.07, 6.45) is 0. The zero-order valence-corrected chi connectivity index (χ0v) is 13.5. The van der Waals surface area contributed by atoms with Gasteiger partial charge in [-0.05, 0) is 24.6 Å². The molecule has 0 bridgehead atoms. The smallest absolute Gasteiger partial charge is 0.243 e. The Hall–Kier alpha value is -1.51. The largest absolute Gasteiger partial charge is 0.339 e. The maximum atomic E-state index is 13.6. The Bertz CT molecular complexity index is 657. The molecule has 122 valence electrons. The third-order valence-electron chi connectivity index (χ3n) is 3.68. The predicted octanol–water partition coefficient (Wildman–Crippen LogP) is 0.186. The van der Waals surface area contributed by atoms with Crippen molar-refractivity contribution in [3.8, 4) is 0 Å². The molecule has 1 amide bonds. The molecule has 0 atom stereocenters. The monoisotopic (exact) mass is 329 g/mol. The Labute approximate surface area is 130 Å². The summed E-state index contributed by atoms with van der Waals surface area (Å²) in [4.78, 5) is 13.6. The molecule has 6 nitrogen and oxygen atoms in total. The van der Waals surface area contributed by atoms with Crippen LogP contribution in [-0.2, 0) is 14.8 Å². The molecule has 1 heterocycles. The van der Waals surface area contributed by atoms with E-state index in [0.29, 0.717) is 31.7 Å². The van der Waals surface area contributed by atoms with E-state index >= 15 is 0 Å². The summed E-state index contributed by atoms with van der Waals surface area (Å²) in [5.74, 6) is -0.830. The van der Waals surface area contributed by atoms with Crippen molar-refractivity contribution in [1.82, 2.24) is 14.5 Å². The van der Waals surface area contributed by atoms with Gasteiger partial charge in [-0.3, -0.25) is 4.79 Å². The minimum Gasteiger partial charge on any atom is -0.339 e. The molecular formula is C14H20FN3O3S. The van der Waals surface area contributed by atoms with E-state index in [1.807, 2.05) is 0 Å². The van der Waals surface area contributed by atoms with Crippen molar-refractivity contribution in [2.75, 3.05) is 39.8 Å². The molecule has 0 unspecified atom stereocenters. The van der Waals surface area contributed by atoms with Gasteiger partial charge in [0.1, 0.15) is 5.82 Å². The quantitative estimate of drug-likeness (QED) is 0.856. The Morgan fingerprint density at radius 1 is 1.36 bits per heavy atom. The molecule has 1 aromatic rings. The lowest BCUT2D eigenvalue weighted by Gasteiger charge is -2.29. The lowest BCUT2D eigenvalue weighted by Crippen LogP contribution is -2.49. The van der Waals surface area contributed by atoms with Crippen molar-refractivity contribution in [2.45, 2.75) is 11.8 Å². The van der Waals surface area contributed by atoms with Crippen LogP contribution in [0, 0.1) is 12.7 Å². The number of nitrogens with one attached hydrogen (secondary N) is 1. The van der Waals surface area contributed by atoms with Gasteiger partial charge in [-0.2, -0.15) is 4.31 Å². The van der Waals surface area contributed by atoms with Gasteiger partial charge in [0.25, 0.3) is 0 Å². The zero-order chi connectivity index (χ0) is 16.3. The highest BCUT2D eigenvalue weighted by atomic mass is 32.2. The molecule has 1 aliphatic rings. The minimum absolute atomic E-state index is 0.147. The van der Waals surface area contributed by atoms with Crippen LogP contribution in [0.3, 0.4) is 0 Å². The first-order valence-corrected chi connectivity index (χ1v) is 8.47. The Morgan fingerprint density at radius 3 is 2.59 bits per heavy atom. The zero-order valence-electron chi connectivity index (χ0n) is 12.7. The maximum Gasteiger partial charge on any atom is 0.243 e. The van der Waals surface area contributed by atoms with Crippen LogP contribution in [0.25, 0.3) is 0 Å². The van der Waals surface area contributed by atoms with Crippen LogP contribution in [0.1, 0.15) is 5.56 Å². The van der Waals surface area contributed by atoms with E-state index in [2.05, 4.69) is 5.32 Å². The van der Waals surface area contributed by atoms with Crippen molar-refractivity contribution in [3.63, 3.8) is 0 Å². The number of sulfonamides is 1. The third-order valence-corrected chi connectivity index (χ3v) is 5.48. The number of hydrogen-bond donors (Lipinski definition) is 1. The van der Waals surface area contributed by atoms with Gasteiger partial charge in [-0.15, -0.1) is 0 Å². The number of rotatable bonds is 4. The number of hydrogen-bond acceptors (Lipinski definition) is 4. The number of likely N-dealkylation sites (N-methyl/N-ethyl adjacent to an activating group) is 1. The number of carbonyl (C=O) groups excluding carboxylic acids is 1. The average molecular weight is 329 g/mol. The van der Waals surface area contributed by atoms with E-state index in [9.17, 15) is 17.6 Å². The van der Waals surface area contributed by atoms with Crippen LogP contribution in [0.2, 0.25) is 0 Å². The Balaban J connectivity index is 2.11. The molecule has 1 aromatic carbocycles. The molecular weight excluding hydrogens is 309 g/mol. The van der Waals surface area contributed by atoms with Crippen LogP contribution in [-0.4, -0.2) is 63.3 Å². The van der Waals surface area contributed by atoms with Crippen molar-refractivity contribution in [1.29, 1.82) is 0 Å². The predicted molar refractivity (Wildman–Crippen MR) is 80.4 cm³/mol. The lowest BCUT2D eigenvalue weighted by atomic mass is 10.2. The van der Waals surface area contributed by atoms with Gasteiger partial charge in [-0.1, -0.05) is 6.07 Å². The summed E-state index contributed by atoms with van der Waals surface area (Å²) in [5.41, 5.74) is 0.374. The van der Waals surface area contributed by atoms with Gasteiger partial charge < -0.3 is 10.2 Å². The van der Waals surface area contributed by atoms with Gasteiger partial charge in [0.05, 0.1) is 11.4 Å². The number of piperazine rings is 1. The molecule has 1 saturated heterocycles.